The molecule has 0 N–H and O–H groups in total. The predicted octanol–water partition coefficient (Wildman–Crippen LogP) is 3.37. The van der Waals surface area contributed by atoms with Crippen molar-refractivity contribution in [2.75, 3.05) is 7.11 Å². The number of rotatable bonds is 3. The van der Waals surface area contributed by atoms with Crippen molar-refractivity contribution < 1.29 is 13.7 Å². The molecule has 1 rings (SSSR count). The van der Waals surface area contributed by atoms with Crippen molar-refractivity contribution in [2.24, 2.45) is 4.40 Å². The molecule has 6 heteroatoms. The lowest BCUT2D eigenvalue weighted by molar-refractivity contribution is 0.413. The summed E-state index contributed by atoms with van der Waals surface area (Å²) < 4.78 is 33.6. The molecule has 0 bridgehead atoms. The zero-order chi connectivity index (χ0) is 13.9. The van der Waals surface area contributed by atoms with Gasteiger partial charge in [-0.25, -0.2) is 4.39 Å². The molecule has 1 aromatic rings. The van der Waals surface area contributed by atoms with Crippen molar-refractivity contribution >= 4 is 29.2 Å². The van der Waals surface area contributed by atoms with E-state index in [9.17, 15) is 8.94 Å². The van der Waals surface area contributed by atoms with Crippen LogP contribution in [-0.2, 0) is 11.4 Å². The minimum absolute atomic E-state index is 0.0935. The fourth-order valence-electron chi connectivity index (χ4n) is 1.11. The van der Waals surface area contributed by atoms with Gasteiger partial charge in [-0.05, 0) is 32.9 Å². The van der Waals surface area contributed by atoms with Crippen LogP contribution in [0, 0.1) is 5.82 Å². The third-order valence-electron chi connectivity index (χ3n) is 2.11. The molecule has 100 valence electrons. The molecular weight excluding hydrogens is 277 g/mol. The van der Waals surface area contributed by atoms with Gasteiger partial charge in [-0.15, -0.1) is 0 Å². The Morgan fingerprint density at radius 3 is 2.56 bits per heavy atom. The average Bonchev–Trinajstić information content (AvgIpc) is 2.29. The van der Waals surface area contributed by atoms with Crippen LogP contribution in [0.5, 0.6) is 5.75 Å². The molecule has 1 atom stereocenters. The Morgan fingerprint density at radius 2 is 2.06 bits per heavy atom. The Morgan fingerprint density at radius 1 is 1.44 bits per heavy atom. The lowest BCUT2D eigenvalue weighted by Gasteiger charge is -2.18. The number of hydrogen-bond acceptors (Lipinski definition) is 3. The number of ether oxygens (including phenoxy) is 1. The fourth-order valence-corrected chi connectivity index (χ4v) is 1.83. The van der Waals surface area contributed by atoms with E-state index in [4.69, 9.17) is 16.3 Å². The largest absolute Gasteiger partial charge is 0.591 e. The predicted molar refractivity (Wildman–Crippen MR) is 73.5 cm³/mol. The van der Waals surface area contributed by atoms with Crippen LogP contribution in [0.4, 0.5) is 4.39 Å². The van der Waals surface area contributed by atoms with Gasteiger partial charge in [0.25, 0.3) is 0 Å². The summed E-state index contributed by atoms with van der Waals surface area (Å²) in [5, 5.41) is -0.0935. The van der Waals surface area contributed by atoms with Gasteiger partial charge in [0.05, 0.1) is 23.9 Å². The lowest BCUT2D eigenvalue weighted by atomic mass is 10.2. The van der Waals surface area contributed by atoms with Crippen LogP contribution in [0.15, 0.2) is 16.5 Å². The molecule has 0 spiro atoms. The molecule has 0 saturated heterocycles. The monoisotopic (exact) mass is 291 g/mol. The second-order valence-electron chi connectivity index (χ2n) is 4.57. The summed E-state index contributed by atoms with van der Waals surface area (Å²) in [7, 11) is 1.45. The Hall–Kier alpha value is -0.780. The Labute approximate surface area is 114 Å². The molecule has 0 aliphatic heterocycles. The summed E-state index contributed by atoms with van der Waals surface area (Å²) in [6, 6.07) is 2.65. The molecule has 0 radical (unpaired) electrons. The molecule has 1 aromatic carbocycles. The van der Waals surface area contributed by atoms with Crippen LogP contribution in [0.1, 0.15) is 26.3 Å². The highest BCUT2D eigenvalue weighted by Gasteiger charge is 2.26. The SMILES string of the molecule is COc1ccc(F)c(Cl)c1/C=N/[S+]([O-])C(C)(C)C. The van der Waals surface area contributed by atoms with E-state index in [1.165, 1.54) is 25.5 Å². The van der Waals surface area contributed by atoms with E-state index in [1.807, 2.05) is 0 Å². The molecule has 0 aliphatic carbocycles. The van der Waals surface area contributed by atoms with E-state index in [2.05, 4.69) is 4.40 Å². The van der Waals surface area contributed by atoms with Gasteiger partial charge in [-0.3, -0.25) is 0 Å². The van der Waals surface area contributed by atoms with E-state index in [0.717, 1.165) is 0 Å². The van der Waals surface area contributed by atoms with E-state index in [1.54, 1.807) is 20.8 Å². The van der Waals surface area contributed by atoms with Crippen molar-refractivity contribution in [2.45, 2.75) is 25.5 Å². The van der Waals surface area contributed by atoms with Gasteiger partial charge < -0.3 is 9.29 Å². The van der Waals surface area contributed by atoms with Gasteiger partial charge in [0, 0.05) is 0 Å². The van der Waals surface area contributed by atoms with Gasteiger partial charge in [-0.1, -0.05) is 16.0 Å². The van der Waals surface area contributed by atoms with Gasteiger partial charge >= 0.3 is 0 Å². The quantitative estimate of drug-likeness (QED) is 0.633. The normalized spacial score (nSPS) is 13.9. The number of methoxy groups -OCH3 is 1. The molecular formula is C12H15ClFNO2S. The Bertz CT molecular complexity index is 460. The van der Waals surface area contributed by atoms with E-state index in [0.29, 0.717) is 5.75 Å². The van der Waals surface area contributed by atoms with Crippen LogP contribution in [0.3, 0.4) is 0 Å². The van der Waals surface area contributed by atoms with Crippen molar-refractivity contribution in [3.8, 4) is 5.75 Å². The molecule has 0 aromatic heterocycles. The smallest absolute Gasteiger partial charge is 0.144 e. The third-order valence-corrected chi connectivity index (χ3v) is 3.84. The molecule has 1 unspecified atom stereocenters. The zero-order valence-electron chi connectivity index (χ0n) is 10.7. The number of benzene rings is 1. The van der Waals surface area contributed by atoms with Gasteiger partial charge in [-0.2, -0.15) is 0 Å². The van der Waals surface area contributed by atoms with Crippen LogP contribution in [0.25, 0.3) is 0 Å². The highest BCUT2D eigenvalue weighted by molar-refractivity contribution is 7.91. The number of halogens is 2. The third kappa shape index (κ3) is 3.60. The average molecular weight is 292 g/mol. The first-order valence-electron chi connectivity index (χ1n) is 5.25. The molecule has 3 nitrogen and oxygen atoms in total. The fraction of sp³-hybridized carbons (Fsp3) is 0.417. The summed E-state index contributed by atoms with van der Waals surface area (Å²) in [5.41, 5.74) is 0.289. The summed E-state index contributed by atoms with van der Waals surface area (Å²) in [5.74, 6) is -0.184. The summed E-state index contributed by atoms with van der Waals surface area (Å²) >= 11 is 4.40. The highest BCUT2D eigenvalue weighted by Crippen LogP contribution is 2.28. The van der Waals surface area contributed by atoms with Crippen LogP contribution >= 0.6 is 11.6 Å². The minimum atomic E-state index is -1.43. The maximum absolute atomic E-state index is 13.3. The first-order valence-corrected chi connectivity index (χ1v) is 6.74. The second-order valence-corrected chi connectivity index (χ2v) is 6.89. The highest BCUT2D eigenvalue weighted by atomic mass is 35.5. The summed E-state index contributed by atoms with van der Waals surface area (Å²) in [4.78, 5) is 0. The van der Waals surface area contributed by atoms with Crippen LogP contribution in [-0.4, -0.2) is 22.6 Å². The topological polar surface area (TPSA) is 44.6 Å². The Kier molecular flexibility index (Phi) is 5.01. The Balaban J connectivity index is 3.11. The first-order chi connectivity index (χ1) is 8.27. The molecule has 0 aliphatic rings. The molecule has 0 saturated carbocycles. The van der Waals surface area contributed by atoms with Crippen molar-refractivity contribution in [1.82, 2.24) is 0 Å². The second kappa shape index (κ2) is 5.91. The number of nitrogens with zero attached hydrogens (tertiary/aromatic N) is 1. The van der Waals surface area contributed by atoms with Crippen molar-refractivity contribution in [1.29, 1.82) is 0 Å². The van der Waals surface area contributed by atoms with E-state index in [-0.39, 0.29) is 10.6 Å². The number of hydrogen-bond donors (Lipinski definition) is 0. The minimum Gasteiger partial charge on any atom is -0.591 e. The molecule has 0 fully saturated rings. The molecule has 0 heterocycles. The van der Waals surface area contributed by atoms with Gasteiger partial charge in [0.1, 0.15) is 27.7 Å². The summed E-state index contributed by atoms with van der Waals surface area (Å²) in [6.45, 7) is 5.39. The van der Waals surface area contributed by atoms with Crippen LogP contribution in [0.2, 0.25) is 5.02 Å². The van der Waals surface area contributed by atoms with Gasteiger partial charge in [0.15, 0.2) is 0 Å². The standard InChI is InChI=1S/C12H15ClFNO2S/c1-12(2,3)18(16)15-7-8-10(17-4)6-5-9(14)11(8)13/h5-7H,1-4H3/b15-7+. The van der Waals surface area contributed by atoms with E-state index >= 15 is 0 Å². The molecule has 0 amide bonds. The first kappa shape index (κ1) is 15.3. The van der Waals surface area contributed by atoms with Crippen molar-refractivity contribution in [3.05, 3.63) is 28.5 Å². The van der Waals surface area contributed by atoms with Gasteiger partial charge in [0.2, 0.25) is 0 Å². The van der Waals surface area contributed by atoms with Crippen LogP contribution < -0.4 is 4.74 Å². The zero-order valence-corrected chi connectivity index (χ0v) is 12.2. The summed E-state index contributed by atoms with van der Waals surface area (Å²) in [6.07, 6.45) is 1.28. The maximum atomic E-state index is 13.3. The maximum Gasteiger partial charge on any atom is 0.144 e. The van der Waals surface area contributed by atoms with E-state index < -0.39 is 21.9 Å². The van der Waals surface area contributed by atoms with Crippen molar-refractivity contribution in [3.63, 3.8) is 0 Å². The molecule has 18 heavy (non-hydrogen) atoms. The lowest BCUT2D eigenvalue weighted by Crippen LogP contribution is -2.25.